The van der Waals surface area contributed by atoms with Crippen molar-refractivity contribution in [3.8, 4) is 0 Å². The molecule has 1 N–H and O–H groups in total. The minimum absolute atomic E-state index is 0.411. The molecule has 1 heterocycles. The van der Waals surface area contributed by atoms with E-state index >= 15 is 0 Å². The van der Waals surface area contributed by atoms with Crippen LogP contribution < -0.4 is 0 Å². The minimum atomic E-state index is -0.720. The summed E-state index contributed by atoms with van der Waals surface area (Å²) in [6.07, 6.45) is 2.63. The number of carboxylic acid groups (broad SMARTS) is 1. The van der Waals surface area contributed by atoms with Gasteiger partial charge in [0.05, 0.1) is 11.6 Å². The molecule has 0 saturated heterocycles. The van der Waals surface area contributed by atoms with Gasteiger partial charge in [0, 0.05) is 14.7 Å². The molecule has 3 nitrogen and oxygen atoms in total. The maximum absolute atomic E-state index is 11.8. The number of carboxylic acids is 1. The fourth-order valence-electron chi connectivity index (χ4n) is 3.02. The van der Waals surface area contributed by atoms with E-state index in [9.17, 15) is 9.90 Å². The fraction of sp³-hybridized carbons (Fsp3) is 0.500. The maximum atomic E-state index is 11.8. The van der Waals surface area contributed by atoms with Gasteiger partial charge in [-0.05, 0) is 66.6 Å². The highest BCUT2D eigenvalue weighted by molar-refractivity contribution is 14.1. The van der Waals surface area contributed by atoms with E-state index in [2.05, 4.69) is 40.6 Å². The first kappa shape index (κ1) is 15.5. The third-order valence-corrected chi connectivity index (χ3v) is 5.07. The Balaban J connectivity index is 2.50. The second kappa shape index (κ2) is 5.84. The third kappa shape index (κ3) is 2.50. The van der Waals surface area contributed by atoms with Crippen LogP contribution in [0.15, 0.2) is 23.2 Å². The normalized spacial score (nSPS) is 22.3. The summed E-state index contributed by atoms with van der Waals surface area (Å²) in [5.41, 5.74) is 2.41. The summed E-state index contributed by atoms with van der Waals surface area (Å²) in [4.78, 5) is 16.4. The molecule has 0 fully saturated rings. The van der Waals surface area contributed by atoms with E-state index in [1.54, 1.807) is 0 Å². The van der Waals surface area contributed by atoms with Gasteiger partial charge in [-0.2, -0.15) is 0 Å². The molecule has 0 saturated carbocycles. The molecule has 2 atom stereocenters. The predicted octanol–water partition coefficient (Wildman–Crippen LogP) is 4.55. The first-order valence-electron chi connectivity index (χ1n) is 6.99. The Labute approximate surface area is 133 Å². The standard InChI is InChI=1S/C16H20INO2/c1-4-5-6-12(15(19)20)16(3)10(2)18-14-8-7-11(17)9-13(14)16/h7-9,12H,4-6H2,1-3H3,(H,19,20). The van der Waals surface area contributed by atoms with E-state index in [0.29, 0.717) is 6.42 Å². The molecule has 20 heavy (non-hydrogen) atoms. The van der Waals surface area contributed by atoms with Crippen molar-refractivity contribution >= 4 is 40.0 Å². The quantitative estimate of drug-likeness (QED) is 0.757. The van der Waals surface area contributed by atoms with Crippen molar-refractivity contribution in [1.82, 2.24) is 0 Å². The van der Waals surface area contributed by atoms with Crippen LogP contribution in [0.3, 0.4) is 0 Å². The number of unbranched alkanes of at least 4 members (excludes halogenated alkanes) is 1. The van der Waals surface area contributed by atoms with Gasteiger partial charge < -0.3 is 5.11 Å². The third-order valence-electron chi connectivity index (χ3n) is 4.40. The predicted molar refractivity (Wildman–Crippen MR) is 89.9 cm³/mol. The Hall–Kier alpha value is -0.910. The van der Waals surface area contributed by atoms with E-state index in [4.69, 9.17) is 0 Å². The number of fused-ring (bicyclic) bond motifs is 1. The van der Waals surface area contributed by atoms with Crippen molar-refractivity contribution in [2.24, 2.45) is 10.9 Å². The molecule has 1 aromatic carbocycles. The number of benzene rings is 1. The van der Waals surface area contributed by atoms with Gasteiger partial charge in [0.2, 0.25) is 0 Å². The lowest BCUT2D eigenvalue weighted by atomic mass is 9.68. The largest absolute Gasteiger partial charge is 0.481 e. The number of hydrogen-bond donors (Lipinski definition) is 1. The number of rotatable bonds is 5. The van der Waals surface area contributed by atoms with Gasteiger partial charge in [0.1, 0.15) is 0 Å². The summed E-state index contributed by atoms with van der Waals surface area (Å²) in [6.45, 7) is 6.07. The van der Waals surface area contributed by atoms with Crippen LogP contribution in [0.2, 0.25) is 0 Å². The van der Waals surface area contributed by atoms with Crippen LogP contribution in [0.5, 0.6) is 0 Å². The molecule has 4 heteroatoms. The van der Waals surface area contributed by atoms with Crippen molar-refractivity contribution < 1.29 is 9.90 Å². The smallest absolute Gasteiger partial charge is 0.307 e. The van der Waals surface area contributed by atoms with Crippen molar-refractivity contribution in [2.45, 2.75) is 45.4 Å². The minimum Gasteiger partial charge on any atom is -0.481 e. The monoisotopic (exact) mass is 385 g/mol. The molecule has 0 aromatic heterocycles. The Morgan fingerprint density at radius 1 is 1.50 bits per heavy atom. The molecule has 0 spiro atoms. The van der Waals surface area contributed by atoms with E-state index in [1.165, 1.54) is 0 Å². The van der Waals surface area contributed by atoms with Gasteiger partial charge in [0.25, 0.3) is 0 Å². The van der Waals surface area contributed by atoms with Crippen LogP contribution in [0.1, 0.15) is 45.6 Å². The fourth-order valence-corrected chi connectivity index (χ4v) is 3.51. The molecule has 1 aliphatic rings. The van der Waals surface area contributed by atoms with Crippen molar-refractivity contribution in [1.29, 1.82) is 0 Å². The summed E-state index contributed by atoms with van der Waals surface area (Å²) in [5.74, 6) is -1.13. The van der Waals surface area contributed by atoms with Gasteiger partial charge in [0.15, 0.2) is 0 Å². The van der Waals surface area contributed by atoms with Gasteiger partial charge in [-0.25, -0.2) is 0 Å². The lowest BCUT2D eigenvalue weighted by molar-refractivity contribution is -0.143. The molecule has 108 valence electrons. The summed E-state index contributed by atoms with van der Waals surface area (Å²) in [6, 6.07) is 6.09. The van der Waals surface area contributed by atoms with Crippen LogP contribution >= 0.6 is 22.6 Å². The molecular formula is C16H20INO2. The van der Waals surface area contributed by atoms with Gasteiger partial charge in [-0.15, -0.1) is 0 Å². The van der Waals surface area contributed by atoms with E-state index in [0.717, 1.165) is 33.4 Å². The number of nitrogens with zero attached hydrogens (tertiary/aromatic N) is 1. The highest BCUT2D eigenvalue weighted by atomic mass is 127. The van der Waals surface area contributed by atoms with Crippen molar-refractivity contribution in [2.75, 3.05) is 0 Å². The molecular weight excluding hydrogens is 365 g/mol. The van der Waals surface area contributed by atoms with Crippen LogP contribution in [-0.2, 0) is 10.2 Å². The van der Waals surface area contributed by atoms with E-state index < -0.39 is 17.3 Å². The Morgan fingerprint density at radius 3 is 2.80 bits per heavy atom. The Morgan fingerprint density at radius 2 is 2.20 bits per heavy atom. The molecule has 1 aliphatic heterocycles. The highest BCUT2D eigenvalue weighted by Crippen LogP contribution is 2.47. The number of hydrogen-bond acceptors (Lipinski definition) is 2. The van der Waals surface area contributed by atoms with E-state index in [1.807, 2.05) is 26.0 Å². The van der Waals surface area contributed by atoms with Crippen molar-refractivity contribution in [3.63, 3.8) is 0 Å². The molecule has 2 unspecified atom stereocenters. The van der Waals surface area contributed by atoms with E-state index in [-0.39, 0.29) is 0 Å². The molecule has 0 aliphatic carbocycles. The first-order valence-corrected chi connectivity index (χ1v) is 8.07. The summed E-state index contributed by atoms with van der Waals surface area (Å²) < 4.78 is 1.12. The number of aliphatic carboxylic acids is 1. The average Bonchev–Trinajstić information content (AvgIpc) is 2.63. The molecule has 1 aromatic rings. The number of aliphatic imine (C=N–C) groups is 1. The summed E-state index contributed by atoms with van der Waals surface area (Å²) in [5, 5.41) is 9.68. The average molecular weight is 385 g/mol. The summed E-state index contributed by atoms with van der Waals surface area (Å²) >= 11 is 2.27. The van der Waals surface area contributed by atoms with Gasteiger partial charge >= 0.3 is 5.97 Å². The SMILES string of the molecule is CCCCC(C(=O)O)C1(C)C(C)=Nc2ccc(I)cc21. The second-order valence-electron chi connectivity index (χ2n) is 5.59. The zero-order valence-corrected chi connectivity index (χ0v) is 14.3. The Bertz CT molecular complexity index is 568. The van der Waals surface area contributed by atoms with Crippen LogP contribution in [-0.4, -0.2) is 16.8 Å². The highest BCUT2D eigenvalue weighted by Gasteiger charge is 2.46. The molecule has 0 amide bonds. The lowest BCUT2D eigenvalue weighted by Gasteiger charge is -2.33. The van der Waals surface area contributed by atoms with Crippen molar-refractivity contribution in [3.05, 3.63) is 27.3 Å². The number of halogens is 1. The topological polar surface area (TPSA) is 49.7 Å². The first-order chi connectivity index (χ1) is 9.41. The number of carbonyl (C=O) groups is 1. The zero-order chi connectivity index (χ0) is 14.9. The van der Waals surface area contributed by atoms with Gasteiger partial charge in [-0.1, -0.05) is 19.8 Å². The Kier molecular flexibility index (Phi) is 4.52. The summed E-state index contributed by atoms with van der Waals surface area (Å²) in [7, 11) is 0. The molecule has 2 rings (SSSR count). The van der Waals surface area contributed by atoms with Crippen LogP contribution in [0.25, 0.3) is 0 Å². The molecule has 0 radical (unpaired) electrons. The molecule has 0 bridgehead atoms. The zero-order valence-electron chi connectivity index (χ0n) is 12.1. The van der Waals surface area contributed by atoms with Crippen LogP contribution in [0.4, 0.5) is 5.69 Å². The second-order valence-corrected chi connectivity index (χ2v) is 6.84. The van der Waals surface area contributed by atoms with Gasteiger partial charge in [-0.3, -0.25) is 9.79 Å². The van der Waals surface area contributed by atoms with Crippen LogP contribution in [0, 0.1) is 9.49 Å². The maximum Gasteiger partial charge on any atom is 0.307 e. The lowest BCUT2D eigenvalue weighted by Crippen LogP contribution is -2.41.